The van der Waals surface area contributed by atoms with E-state index in [0.29, 0.717) is 48.9 Å². The normalized spacial score (nSPS) is 17.1. The van der Waals surface area contributed by atoms with Gasteiger partial charge in [-0.25, -0.2) is 0 Å². The first kappa shape index (κ1) is 16.9. The summed E-state index contributed by atoms with van der Waals surface area (Å²) in [4.78, 5) is 0. The molecule has 1 fully saturated rings. The van der Waals surface area contributed by atoms with Crippen molar-refractivity contribution in [2.75, 3.05) is 34.5 Å². The van der Waals surface area contributed by atoms with Crippen molar-refractivity contribution in [2.45, 2.75) is 31.7 Å². The van der Waals surface area contributed by atoms with Crippen molar-refractivity contribution in [1.29, 1.82) is 0 Å². The number of hydrogen-bond acceptors (Lipinski definition) is 6. The van der Waals surface area contributed by atoms with Gasteiger partial charge in [0.15, 0.2) is 17.8 Å². The Morgan fingerprint density at radius 1 is 1.09 bits per heavy atom. The summed E-state index contributed by atoms with van der Waals surface area (Å²) in [6.07, 6.45) is 1.21. The van der Waals surface area contributed by atoms with Crippen LogP contribution in [0, 0.1) is 0 Å². The van der Waals surface area contributed by atoms with Gasteiger partial charge in [-0.15, -0.1) is 0 Å². The van der Waals surface area contributed by atoms with Crippen LogP contribution in [0.15, 0.2) is 12.1 Å². The first-order valence-corrected chi connectivity index (χ1v) is 7.40. The van der Waals surface area contributed by atoms with Crippen molar-refractivity contribution >= 4 is 0 Å². The lowest BCUT2D eigenvalue weighted by Gasteiger charge is -2.24. The van der Waals surface area contributed by atoms with Crippen LogP contribution in [-0.2, 0) is 9.47 Å². The zero-order valence-corrected chi connectivity index (χ0v) is 13.3. The summed E-state index contributed by atoms with van der Waals surface area (Å²) in [6, 6.07) is 3.52. The second kappa shape index (κ2) is 8.22. The highest BCUT2D eigenvalue weighted by atomic mass is 16.7. The van der Waals surface area contributed by atoms with Gasteiger partial charge >= 0.3 is 0 Å². The minimum Gasteiger partial charge on any atom is -0.493 e. The molecule has 0 bridgehead atoms. The quantitative estimate of drug-likeness (QED) is 0.833. The summed E-state index contributed by atoms with van der Waals surface area (Å²) >= 11 is 0. The Morgan fingerprint density at radius 2 is 1.68 bits per heavy atom. The summed E-state index contributed by atoms with van der Waals surface area (Å²) in [5, 5.41) is 10.4. The summed E-state index contributed by atoms with van der Waals surface area (Å²) in [5.41, 5.74) is 0.713. The van der Waals surface area contributed by atoms with Gasteiger partial charge in [-0.05, 0) is 30.5 Å². The van der Waals surface area contributed by atoms with E-state index in [1.807, 2.05) is 0 Å². The van der Waals surface area contributed by atoms with Gasteiger partial charge in [0.25, 0.3) is 0 Å². The van der Waals surface area contributed by atoms with E-state index < -0.39 is 6.10 Å². The molecule has 0 amide bonds. The Balaban J connectivity index is 2.06. The van der Waals surface area contributed by atoms with Gasteiger partial charge in [0, 0.05) is 6.42 Å². The molecule has 6 heteroatoms. The lowest BCUT2D eigenvalue weighted by atomic mass is 10.0. The lowest BCUT2D eigenvalue weighted by Crippen LogP contribution is -2.25. The van der Waals surface area contributed by atoms with E-state index in [4.69, 9.17) is 23.7 Å². The molecule has 1 aliphatic rings. The van der Waals surface area contributed by atoms with Gasteiger partial charge in [-0.2, -0.15) is 0 Å². The largest absolute Gasteiger partial charge is 0.493 e. The maximum absolute atomic E-state index is 10.4. The third-order valence-electron chi connectivity index (χ3n) is 3.64. The van der Waals surface area contributed by atoms with Crippen molar-refractivity contribution in [2.24, 2.45) is 0 Å². The lowest BCUT2D eigenvalue weighted by molar-refractivity contribution is -0.183. The van der Waals surface area contributed by atoms with Crippen molar-refractivity contribution in [1.82, 2.24) is 0 Å². The second-order valence-corrected chi connectivity index (χ2v) is 5.08. The number of aliphatic hydroxyl groups is 1. The zero-order chi connectivity index (χ0) is 15.9. The fourth-order valence-corrected chi connectivity index (χ4v) is 2.46. The fourth-order valence-electron chi connectivity index (χ4n) is 2.46. The average molecular weight is 312 g/mol. The third kappa shape index (κ3) is 4.03. The number of hydrogen-bond donors (Lipinski definition) is 1. The molecule has 22 heavy (non-hydrogen) atoms. The maximum atomic E-state index is 10.4. The minimum atomic E-state index is -0.650. The molecule has 1 saturated heterocycles. The van der Waals surface area contributed by atoms with E-state index in [1.54, 1.807) is 33.5 Å². The monoisotopic (exact) mass is 312 g/mol. The van der Waals surface area contributed by atoms with Gasteiger partial charge in [0.2, 0.25) is 5.75 Å². The Hall–Kier alpha value is -1.50. The molecule has 2 rings (SSSR count). The van der Waals surface area contributed by atoms with Crippen LogP contribution < -0.4 is 14.2 Å². The van der Waals surface area contributed by atoms with Gasteiger partial charge in [-0.3, -0.25) is 0 Å². The number of methoxy groups -OCH3 is 3. The molecular weight excluding hydrogens is 288 g/mol. The highest BCUT2D eigenvalue weighted by Gasteiger charge is 2.20. The molecule has 124 valence electrons. The van der Waals surface area contributed by atoms with Crippen LogP contribution in [0.5, 0.6) is 17.2 Å². The van der Waals surface area contributed by atoms with Crippen molar-refractivity contribution in [3.8, 4) is 17.2 Å². The molecule has 1 aromatic carbocycles. The van der Waals surface area contributed by atoms with Crippen LogP contribution in [0.4, 0.5) is 0 Å². The Morgan fingerprint density at radius 3 is 2.18 bits per heavy atom. The molecule has 0 spiro atoms. The maximum Gasteiger partial charge on any atom is 0.203 e. The molecule has 6 nitrogen and oxygen atoms in total. The van der Waals surface area contributed by atoms with Crippen LogP contribution in [-0.4, -0.2) is 45.9 Å². The van der Waals surface area contributed by atoms with E-state index in [2.05, 4.69) is 0 Å². The van der Waals surface area contributed by atoms with Gasteiger partial charge in [-0.1, -0.05) is 0 Å². The predicted octanol–water partition coefficient (Wildman–Crippen LogP) is 2.29. The van der Waals surface area contributed by atoms with E-state index in [1.165, 1.54) is 0 Å². The summed E-state index contributed by atoms with van der Waals surface area (Å²) in [5.74, 6) is 1.57. The van der Waals surface area contributed by atoms with Gasteiger partial charge in [0.1, 0.15) is 0 Å². The first-order valence-electron chi connectivity index (χ1n) is 7.40. The summed E-state index contributed by atoms with van der Waals surface area (Å²) in [7, 11) is 4.66. The molecule has 1 atom stereocenters. The van der Waals surface area contributed by atoms with Crippen LogP contribution in [0.3, 0.4) is 0 Å². The molecule has 1 aliphatic heterocycles. The Kier molecular flexibility index (Phi) is 6.30. The fraction of sp³-hybridized carbons (Fsp3) is 0.625. The number of ether oxygens (including phenoxy) is 5. The molecule has 0 aromatic heterocycles. The molecule has 0 unspecified atom stereocenters. The van der Waals surface area contributed by atoms with Gasteiger partial charge < -0.3 is 28.8 Å². The summed E-state index contributed by atoms with van der Waals surface area (Å²) in [6.45, 7) is 1.43. The van der Waals surface area contributed by atoms with Crippen LogP contribution >= 0.6 is 0 Å². The SMILES string of the molecule is COc1cc([C@@H](O)CCC2OCCCO2)cc(OC)c1OC. The van der Waals surface area contributed by atoms with Crippen molar-refractivity contribution in [3.05, 3.63) is 17.7 Å². The van der Waals surface area contributed by atoms with E-state index >= 15 is 0 Å². The number of aliphatic hydroxyl groups excluding tert-OH is 1. The van der Waals surface area contributed by atoms with Crippen LogP contribution in [0.1, 0.15) is 30.9 Å². The van der Waals surface area contributed by atoms with E-state index in [9.17, 15) is 5.11 Å². The molecule has 0 aliphatic carbocycles. The second-order valence-electron chi connectivity index (χ2n) is 5.08. The molecular formula is C16H24O6. The third-order valence-corrected chi connectivity index (χ3v) is 3.64. The van der Waals surface area contributed by atoms with Crippen molar-refractivity contribution < 1.29 is 28.8 Å². The van der Waals surface area contributed by atoms with Gasteiger partial charge in [0.05, 0.1) is 40.6 Å². The van der Waals surface area contributed by atoms with Crippen LogP contribution in [0.25, 0.3) is 0 Å². The first-order chi connectivity index (χ1) is 10.7. The topological polar surface area (TPSA) is 66.4 Å². The predicted molar refractivity (Wildman–Crippen MR) is 80.6 cm³/mol. The number of rotatable bonds is 7. The Bertz CT molecular complexity index is 445. The molecule has 1 N–H and O–H groups in total. The van der Waals surface area contributed by atoms with Crippen molar-refractivity contribution in [3.63, 3.8) is 0 Å². The average Bonchev–Trinajstić information content (AvgIpc) is 2.59. The smallest absolute Gasteiger partial charge is 0.203 e. The standard InChI is InChI=1S/C16H24O6/c1-18-13-9-11(10-14(19-2)16(13)20-3)12(17)5-6-15-21-7-4-8-22-15/h9-10,12,15,17H,4-8H2,1-3H3/t12-/m0/s1. The molecule has 1 aromatic rings. The Labute approximate surface area is 130 Å². The minimum absolute atomic E-state index is 0.231. The molecule has 1 heterocycles. The van der Waals surface area contributed by atoms with Crippen LogP contribution in [0.2, 0.25) is 0 Å². The molecule has 0 saturated carbocycles. The zero-order valence-electron chi connectivity index (χ0n) is 13.3. The highest BCUT2D eigenvalue weighted by Crippen LogP contribution is 2.40. The van der Waals surface area contributed by atoms with E-state index in [-0.39, 0.29) is 6.29 Å². The highest BCUT2D eigenvalue weighted by molar-refractivity contribution is 5.54. The number of benzene rings is 1. The molecule has 0 radical (unpaired) electrons. The summed E-state index contributed by atoms with van der Waals surface area (Å²) < 4.78 is 26.8. The van der Waals surface area contributed by atoms with E-state index in [0.717, 1.165) is 6.42 Å².